The molecule has 1 aromatic heterocycles. The molecule has 0 atom stereocenters. The summed E-state index contributed by atoms with van der Waals surface area (Å²) in [6.45, 7) is 6.19. The van der Waals surface area contributed by atoms with Gasteiger partial charge in [-0.2, -0.15) is 15.1 Å². The molecule has 0 aliphatic carbocycles. The number of amidine groups is 2. The molecule has 2 aromatic rings. The van der Waals surface area contributed by atoms with E-state index in [-0.39, 0.29) is 11.4 Å². The third-order valence-electron chi connectivity index (χ3n) is 5.59. The Morgan fingerprint density at radius 1 is 1.19 bits per heavy atom. The molecule has 4 rings (SSSR count). The van der Waals surface area contributed by atoms with Crippen LogP contribution in [0.3, 0.4) is 0 Å². The second-order valence-corrected chi connectivity index (χ2v) is 8.87. The van der Waals surface area contributed by atoms with Gasteiger partial charge < -0.3 is 9.30 Å². The zero-order chi connectivity index (χ0) is 22.8. The largest absolute Gasteiger partial charge is 0.497 e. The molecule has 0 radical (unpaired) electrons. The molecule has 1 aromatic carbocycles. The highest BCUT2D eigenvalue weighted by molar-refractivity contribution is 8.26. The number of ether oxygens (including phenoxy) is 1. The maximum Gasteiger partial charge on any atom is 0.283 e. The average Bonchev–Trinajstić information content (AvgIpc) is 3.31. The molecule has 0 spiro atoms. The molecule has 2 aliphatic heterocycles. The second kappa shape index (κ2) is 9.16. The molecule has 0 bridgehead atoms. The van der Waals surface area contributed by atoms with Gasteiger partial charge in [0.15, 0.2) is 5.84 Å². The van der Waals surface area contributed by atoms with Crippen molar-refractivity contribution >= 4 is 39.8 Å². The van der Waals surface area contributed by atoms with E-state index in [0.29, 0.717) is 5.17 Å². The third-order valence-corrected chi connectivity index (χ3v) is 6.56. The van der Waals surface area contributed by atoms with Gasteiger partial charge >= 0.3 is 0 Å². The molecule has 2 aliphatic rings. The Kier molecular flexibility index (Phi) is 6.32. The maximum atomic E-state index is 12.8. The zero-order valence-electron chi connectivity index (χ0n) is 18.8. The van der Waals surface area contributed by atoms with Crippen molar-refractivity contribution in [2.75, 3.05) is 7.11 Å². The van der Waals surface area contributed by atoms with Gasteiger partial charge in [0, 0.05) is 17.1 Å². The van der Waals surface area contributed by atoms with E-state index < -0.39 is 5.91 Å². The summed E-state index contributed by atoms with van der Waals surface area (Å²) in [4.78, 5) is 17.0. The lowest BCUT2D eigenvalue weighted by Crippen LogP contribution is -2.35. The molecule has 1 N–H and O–H groups in total. The summed E-state index contributed by atoms with van der Waals surface area (Å²) in [5, 5.41) is 16.0. The van der Waals surface area contributed by atoms with Crippen molar-refractivity contribution in [2.24, 2.45) is 10.1 Å². The molecule has 0 saturated heterocycles. The van der Waals surface area contributed by atoms with Gasteiger partial charge in [0.1, 0.15) is 10.8 Å². The monoisotopic (exact) mass is 449 g/mol. The van der Waals surface area contributed by atoms with Crippen molar-refractivity contribution in [1.29, 1.82) is 5.41 Å². The second-order valence-electron chi connectivity index (χ2n) is 7.83. The van der Waals surface area contributed by atoms with Crippen LogP contribution in [0.2, 0.25) is 0 Å². The summed E-state index contributed by atoms with van der Waals surface area (Å²) < 4.78 is 7.37. The number of hydrogen-bond donors (Lipinski definition) is 1. The van der Waals surface area contributed by atoms with E-state index in [1.54, 1.807) is 13.2 Å². The Morgan fingerprint density at radius 2 is 1.94 bits per heavy atom. The fourth-order valence-electron chi connectivity index (χ4n) is 3.88. The number of benzene rings is 1. The first-order valence-electron chi connectivity index (χ1n) is 10.8. The predicted molar refractivity (Wildman–Crippen MR) is 131 cm³/mol. The third kappa shape index (κ3) is 4.14. The topological polar surface area (TPSA) is 83.0 Å². The highest BCUT2D eigenvalue weighted by atomic mass is 32.2. The minimum atomic E-state index is -0.395. The minimum Gasteiger partial charge on any atom is -0.497 e. The van der Waals surface area contributed by atoms with E-state index in [1.807, 2.05) is 44.2 Å². The number of carbonyl (C=O) groups excluding carboxylic acids is 1. The van der Waals surface area contributed by atoms with E-state index in [0.717, 1.165) is 59.1 Å². The fourth-order valence-corrected chi connectivity index (χ4v) is 4.80. The molecule has 8 heteroatoms. The lowest BCUT2D eigenvalue weighted by molar-refractivity contribution is -0.114. The molecule has 0 saturated carbocycles. The van der Waals surface area contributed by atoms with Gasteiger partial charge in [0.2, 0.25) is 5.17 Å². The molecule has 0 fully saturated rings. The summed E-state index contributed by atoms with van der Waals surface area (Å²) in [5.41, 5.74) is 4.15. The smallest absolute Gasteiger partial charge is 0.283 e. The first-order chi connectivity index (χ1) is 15.4. The predicted octanol–water partition coefficient (Wildman–Crippen LogP) is 5.30. The molecule has 1 amide bonds. The Hall–Kier alpha value is -3.13. The van der Waals surface area contributed by atoms with Crippen LogP contribution in [-0.4, -0.2) is 38.6 Å². The Morgan fingerprint density at radius 3 is 2.62 bits per heavy atom. The Balaban J connectivity index is 1.63. The fraction of sp³-hybridized carbons (Fsp3) is 0.333. The number of hydrazone groups is 1. The highest BCUT2D eigenvalue weighted by Crippen LogP contribution is 2.31. The van der Waals surface area contributed by atoms with E-state index in [9.17, 15) is 4.79 Å². The number of aromatic nitrogens is 1. The summed E-state index contributed by atoms with van der Waals surface area (Å²) in [5.74, 6) is 0.479. The summed E-state index contributed by atoms with van der Waals surface area (Å²) in [6.07, 6.45) is 5.92. The molecule has 32 heavy (non-hydrogen) atoms. The van der Waals surface area contributed by atoms with Crippen molar-refractivity contribution in [1.82, 2.24) is 9.58 Å². The number of unbranched alkanes of at least 4 members (excludes halogenated alkanes) is 2. The molecule has 3 heterocycles. The van der Waals surface area contributed by atoms with Gasteiger partial charge in [-0.1, -0.05) is 19.8 Å². The lowest BCUT2D eigenvalue weighted by atomic mass is 10.1. The van der Waals surface area contributed by atoms with Crippen LogP contribution in [0.15, 0.2) is 46.0 Å². The van der Waals surface area contributed by atoms with Crippen molar-refractivity contribution in [3.63, 3.8) is 0 Å². The van der Waals surface area contributed by atoms with Gasteiger partial charge in [0.05, 0.1) is 12.7 Å². The minimum absolute atomic E-state index is 0.0762. The number of carbonyl (C=O) groups is 1. The normalized spacial score (nSPS) is 17.0. The van der Waals surface area contributed by atoms with Crippen molar-refractivity contribution in [2.45, 2.75) is 46.5 Å². The molecule has 166 valence electrons. The zero-order valence-corrected chi connectivity index (χ0v) is 19.6. The average molecular weight is 450 g/mol. The van der Waals surface area contributed by atoms with Crippen LogP contribution in [0.1, 0.15) is 49.6 Å². The summed E-state index contributed by atoms with van der Waals surface area (Å²) in [7, 11) is 1.65. The standard InChI is InChI=1S/C24H27N5O2S/c1-5-6-7-8-21-27-29-22(25)20(23(30)26-24(29)32-21)14-17-13-15(2)28(16(17)3)18-9-11-19(31-4)12-10-18/h9-14,25H,5-8H2,1-4H3/b20-14-,25-22?. The number of aliphatic imine (C=N–C) groups is 1. The summed E-state index contributed by atoms with van der Waals surface area (Å²) >= 11 is 1.39. The van der Waals surface area contributed by atoms with E-state index >= 15 is 0 Å². The van der Waals surface area contributed by atoms with Crippen LogP contribution in [0.25, 0.3) is 11.8 Å². The number of nitrogens with one attached hydrogen (secondary N) is 1. The van der Waals surface area contributed by atoms with Crippen molar-refractivity contribution in [3.8, 4) is 11.4 Å². The van der Waals surface area contributed by atoms with Crippen LogP contribution in [0.4, 0.5) is 0 Å². The number of thioether (sulfide) groups is 1. The number of amides is 1. The number of nitrogens with zero attached hydrogens (tertiary/aromatic N) is 4. The van der Waals surface area contributed by atoms with Gasteiger partial charge in [-0.25, -0.2) is 0 Å². The van der Waals surface area contributed by atoms with Crippen LogP contribution in [-0.2, 0) is 4.79 Å². The lowest BCUT2D eigenvalue weighted by Gasteiger charge is -2.20. The quantitative estimate of drug-likeness (QED) is 0.459. The van der Waals surface area contributed by atoms with Gasteiger partial charge in [-0.05, 0) is 80.4 Å². The summed E-state index contributed by atoms with van der Waals surface area (Å²) in [6, 6.07) is 9.85. The number of rotatable bonds is 7. The van der Waals surface area contributed by atoms with Crippen LogP contribution in [0, 0.1) is 19.3 Å². The molecule has 7 nitrogen and oxygen atoms in total. The van der Waals surface area contributed by atoms with E-state index in [2.05, 4.69) is 21.6 Å². The Labute approximate surface area is 192 Å². The van der Waals surface area contributed by atoms with Gasteiger partial charge in [0.25, 0.3) is 5.91 Å². The molecule has 0 unspecified atom stereocenters. The molecular weight excluding hydrogens is 422 g/mol. The first-order valence-corrected chi connectivity index (χ1v) is 11.6. The van der Waals surface area contributed by atoms with Crippen LogP contribution in [0.5, 0.6) is 5.75 Å². The van der Waals surface area contributed by atoms with Crippen LogP contribution >= 0.6 is 11.8 Å². The maximum absolute atomic E-state index is 12.8. The van der Waals surface area contributed by atoms with E-state index in [1.165, 1.54) is 16.8 Å². The highest BCUT2D eigenvalue weighted by Gasteiger charge is 2.35. The number of methoxy groups -OCH3 is 1. The number of hydrogen-bond acceptors (Lipinski definition) is 5. The van der Waals surface area contributed by atoms with Gasteiger partial charge in [-0.15, -0.1) is 0 Å². The van der Waals surface area contributed by atoms with Crippen molar-refractivity contribution in [3.05, 3.63) is 52.9 Å². The van der Waals surface area contributed by atoms with Gasteiger partial charge in [-0.3, -0.25) is 10.2 Å². The molecular formula is C24H27N5O2S. The van der Waals surface area contributed by atoms with E-state index in [4.69, 9.17) is 10.1 Å². The first kappa shape index (κ1) is 22.1. The SMILES string of the molecule is CCCCCC1=NN2C(=N)/C(=C/c3cc(C)n(-c4ccc(OC)cc4)c3C)C(=O)N=C2S1. The Bertz CT molecular complexity index is 1160. The number of fused-ring (bicyclic) bond motifs is 1. The van der Waals surface area contributed by atoms with Crippen LogP contribution < -0.4 is 4.74 Å². The van der Waals surface area contributed by atoms with Crippen molar-refractivity contribution < 1.29 is 9.53 Å². The number of aryl methyl sites for hydroxylation is 1.